The number of para-hydroxylation sites is 1. The van der Waals surface area contributed by atoms with Gasteiger partial charge in [-0.15, -0.1) is 0 Å². The number of hydroxylamine groups is 2. The molecule has 0 radical (unpaired) electrons. The van der Waals surface area contributed by atoms with E-state index in [9.17, 15) is 0 Å². The van der Waals surface area contributed by atoms with Gasteiger partial charge >= 0.3 is 0 Å². The van der Waals surface area contributed by atoms with E-state index in [1.807, 2.05) is 29.3 Å². The van der Waals surface area contributed by atoms with Crippen LogP contribution in [-0.4, -0.2) is 31.9 Å². The molecule has 1 fully saturated rings. The van der Waals surface area contributed by atoms with Crippen molar-refractivity contribution in [2.75, 3.05) is 26.8 Å². The molecule has 1 aliphatic heterocycles. The summed E-state index contributed by atoms with van der Waals surface area (Å²) in [5, 5.41) is 1.96. The van der Waals surface area contributed by atoms with Gasteiger partial charge in [-0.05, 0) is 12.5 Å². The van der Waals surface area contributed by atoms with Gasteiger partial charge in [0.2, 0.25) is 0 Å². The summed E-state index contributed by atoms with van der Waals surface area (Å²) in [6, 6.07) is 8.03. The Hall–Kier alpha value is -1.10. The van der Waals surface area contributed by atoms with E-state index in [2.05, 4.69) is 0 Å². The van der Waals surface area contributed by atoms with Crippen LogP contribution in [0.4, 0.5) is 0 Å². The predicted octanol–water partition coefficient (Wildman–Crippen LogP) is 1.33. The largest absolute Gasteiger partial charge is 0.496 e. The molecule has 0 aromatic heterocycles. The van der Waals surface area contributed by atoms with Gasteiger partial charge in [0.1, 0.15) is 5.75 Å². The van der Waals surface area contributed by atoms with Crippen molar-refractivity contribution in [3.63, 3.8) is 0 Å². The fourth-order valence-corrected chi connectivity index (χ4v) is 2.05. The second kappa shape index (κ2) is 5.30. The summed E-state index contributed by atoms with van der Waals surface area (Å²) in [6.45, 7) is 2.24. The molecule has 4 nitrogen and oxygen atoms in total. The van der Waals surface area contributed by atoms with Gasteiger partial charge in [0.15, 0.2) is 0 Å². The van der Waals surface area contributed by atoms with Crippen molar-refractivity contribution in [2.24, 2.45) is 5.73 Å². The highest BCUT2D eigenvalue weighted by atomic mass is 16.7. The first kappa shape index (κ1) is 11.4. The van der Waals surface area contributed by atoms with Crippen LogP contribution in [0.5, 0.6) is 5.75 Å². The second-order valence-corrected chi connectivity index (χ2v) is 3.82. The lowest BCUT2D eigenvalue weighted by Gasteiger charge is -2.26. The third-order valence-electron chi connectivity index (χ3n) is 2.85. The lowest BCUT2D eigenvalue weighted by atomic mass is 10.1. The van der Waals surface area contributed by atoms with Crippen LogP contribution in [0, 0.1) is 0 Å². The van der Waals surface area contributed by atoms with Crippen LogP contribution >= 0.6 is 0 Å². The minimum Gasteiger partial charge on any atom is -0.496 e. The molecule has 0 bridgehead atoms. The number of nitrogens with zero attached hydrogens (tertiary/aromatic N) is 1. The van der Waals surface area contributed by atoms with E-state index in [-0.39, 0.29) is 6.04 Å². The monoisotopic (exact) mass is 222 g/mol. The molecule has 0 spiro atoms. The molecule has 16 heavy (non-hydrogen) atoms. The fourth-order valence-electron chi connectivity index (χ4n) is 2.05. The highest BCUT2D eigenvalue weighted by Gasteiger charge is 2.25. The Balaban J connectivity index is 2.24. The highest BCUT2D eigenvalue weighted by Crippen LogP contribution is 2.30. The minimum absolute atomic E-state index is 0.0821. The van der Waals surface area contributed by atoms with Gasteiger partial charge in [0, 0.05) is 18.7 Å². The molecule has 2 rings (SSSR count). The summed E-state index contributed by atoms with van der Waals surface area (Å²) in [7, 11) is 1.68. The SMILES string of the molecule is COc1ccccc1C(CN)N1CCCO1. The summed E-state index contributed by atoms with van der Waals surface area (Å²) >= 11 is 0. The van der Waals surface area contributed by atoms with Crippen molar-refractivity contribution >= 4 is 0 Å². The van der Waals surface area contributed by atoms with Gasteiger partial charge in [0.05, 0.1) is 19.8 Å². The molecule has 1 aromatic carbocycles. The molecule has 1 unspecified atom stereocenters. The van der Waals surface area contributed by atoms with Crippen molar-refractivity contribution in [2.45, 2.75) is 12.5 Å². The van der Waals surface area contributed by atoms with Crippen molar-refractivity contribution in [3.8, 4) is 5.75 Å². The Labute approximate surface area is 95.9 Å². The molecule has 0 aliphatic carbocycles. The molecule has 1 heterocycles. The fraction of sp³-hybridized carbons (Fsp3) is 0.500. The molecule has 0 amide bonds. The van der Waals surface area contributed by atoms with Crippen molar-refractivity contribution in [1.82, 2.24) is 5.06 Å². The van der Waals surface area contributed by atoms with Crippen LogP contribution in [0.25, 0.3) is 0 Å². The number of hydrogen-bond acceptors (Lipinski definition) is 4. The molecular formula is C12H18N2O2. The molecule has 1 aromatic rings. The zero-order chi connectivity index (χ0) is 11.4. The zero-order valence-corrected chi connectivity index (χ0v) is 9.56. The van der Waals surface area contributed by atoms with Crippen LogP contribution in [0.2, 0.25) is 0 Å². The maximum absolute atomic E-state index is 5.83. The number of hydrogen-bond donors (Lipinski definition) is 1. The lowest BCUT2D eigenvalue weighted by Crippen LogP contribution is -2.30. The molecule has 1 atom stereocenters. The standard InChI is InChI=1S/C12H18N2O2/c1-15-12-6-3-2-5-10(12)11(9-13)14-7-4-8-16-14/h2-3,5-6,11H,4,7-9,13H2,1H3. The summed E-state index contributed by atoms with van der Waals surface area (Å²) in [5.74, 6) is 0.869. The zero-order valence-electron chi connectivity index (χ0n) is 9.56. The normalized spacial score (nSPS) is 18.6. The summed E-state index contributed by atoms with van der Waals surface area (Å²) in [5.41, 5.74) is 6.92. The van der Waals surface area contributed by atoms with E-state index < -0.39 is 0 Å². The highest BCUT2D eigenvalue weighted by molar-refractivity contribution is 5.36. The molecule has 1 saturated heterocycles. The maximum atomic E-state index is 5.83. The Bertz CT molecular complexity index is 338. The predicted molar refractivity (Wildman–Crippen MR) is 62.1 cm³/mol. The Morgan fingerprint density at radius 2 is 2.31 bits per heavy atom. The first-order chi connectivity index (χ1) is 7.86. The molecule has 1 aliphatic rings. The third kappa shape index (κ3) is 2.19. The van der Waals surface area contributed by atoms with Gasteiger partial charge in [-0.2, -0.15) is 5.06 Å². The maximum Gasteiger partial charge on any atom is 0.123 e. The van der Waals surface area contributed by atoms with E-state index in [0.29, 0.717) is 6.54 Å². The summed E-state index contributed by atoms with van der Waals surface area (Å²) < 4.78 is 5.35. The average Bonchev–Trinajstić information content (AvgIpc) is 2.84. The van der Waals surface area contributed by atoms with Crippen LogP contribution in [0.3, 0.4) is 0 Å². The van der Waals surface area contributed by atoms with Gasteiger partial charge in [-0.1, -0.05) is 18.2 Å². The van der Waals surface area contributed by atoms with Crippen molar-refractivity contribution in [3.05, 3.63) is 29.8 Å². The van der Waals surface area contributed by atoms with E-state index in [0.717, 1.165) is 30.9 Å². The van der Waals surface area contributed by atoms with Gasteiger partial charge in [0.25, 0.3) is 0 Å². The van der Waals surface area contributed by atoms with Crippen molar-refractivity contribution < 1.29 is 9.57 Å². The Kier molecular flexibility index (Phi) is 3.77. The molecule has 2 N–H and O–H groups in total. The summed E-state index contributed by atoms with van der Waals surface area (Å²) in [4.78, 5) is 5.56. The molecular weight excluding hydrogens is 204 g/mol. The number of ether oxygens (including phenoxy) is 1. The number of nitrogens with two attached hydrogens (primary N) is 1. The van der Waals surface area contributed by atoms with Gasteiger partial charge in [-0.3, -0.25) is 4.84 Å². The van der Waals surface area contributed by atoms with E-state index >= 15 is 0 Å². The minimum atomic E-state index is 0.0821. The Morgan fingerprint density at radius 3 is 2.94 bits per heavy atom. The first-order valence-corrected chi connectivity index (χ1v) is 5.59. The van der Waals surface area contributed by atoms with Crippen LogP contribution in [0.15, 0.2) is 24.3 Å². The van der Waals surface area contributed by atoms with Gasteiger partial charge in [-0.25, -0.2) is 0 Å². The van der Waals surface area contributed by atoms with Crippen molar-refractivity contribution in [1.29, 1.82) is 0 Å². The summed E-state index contributed by atoms with van der Waals surface area (Å²) in [6.07, 6.45) is 1.06. The van der Waals surface area contributed by atoms with Crippen LogP contribution in [-0.2, 0) is 4.84 Å². The number of rotatable bonds is 4. The quantitative estimate of drug-likeness (QED) is 0.835. The number of benzene rings is 1. The molecule has 0 saturated carbocycles. The van der Waals surface area contributed by atoms with E-state index in [1.54, 1.807) is 7.11 Å². The van der Waals surface area contributed by atoms with Gasteiger partial charge < -0.3 is 10.5 Å². The smallest absolute Gasteiger partial charge is 0.123 e. The number of methoxy groups -OCH3 is 1. The van der Waals surface area contributed by atoms with Crippen LogP contribution < -0.4 is 10.5 Å². The molecule has 88 valence electrons. The van der Waals surface area contributed by atoms with E-state index in [1.165, 1.54) is 0 Å². The Morgan fingerprint density at radius 1 is 1.50 bits per heavy atom. The van der Waals surface area contributed by atoms with E-state index in [4.69, 9.17) is 15.3 Å². The average molecular weight is 222 g/mol. The first-order valence-electron chi connectivity index (χ1n) is 5.59. The third-order valence-corrected chi connectivity index (χ3v) is 2.85. The topological polar surface area (TPSA) is 47.7 Å². The lowest BCUT2D eigenvalue weighted by molar-refractivity contribution is -0.140. The second-order valence-electron chi connectivity index (χ2n) is 3.82. The molecule has 4 heteroatoms. The van der Waals surface area contributed by atoms with Crippen LogP contribution in [0.1, 0.15) is 18.0 Å².